The number of nitrogen functional groups attached to an aromatic ring is 1. The summed E-state index contributed by atoms with van der Waals surface area (Å²) in [7, 11) is -3.74. The summed E-state index contributed by atoms with van der Waals surface area (Å²) >= 11 is 0. The third-order valence-corrected chi connectivity index (χ3v) is 5.82. The fraction of sp³-hybridized carbons (Fsp3) is 0.571. The van der Waals surface area contributed by atoms with Crippen molar-refractivity contribution in [2.45, 2.75) is 31.2 Å². The number of nitrogens with zero attached hydrogens (tertiary/aromatic N) is 1. The average Bonchev–Trinajstić information content (AvgIpc) is 2.82. The van der Waals surface area contributed by atoms with Gasteiger partial charge < -0.3 is 15.6 Å². The number of anilines is 1. The number of ether oxygens (including phenoxy) is 1. The molecule has 1 aromatic rings. The molecule has 6 nitrogen and oxygen atoms in total. The second-order valence-corrected chi connectivity index (χ2v) is 7.13. The Kier molecular flexibility index (Phi) is 4.75. The summed E-state index contributed by atoms with van der Waals surface area (Å²) in [4.78, 5) is 0.0666. The van der Waals surface area contributed by atoms with E-state index in [0.29, 0.717) is 24.6 Å². The first-order valence-electron chi connectivity index (χ1n) is 7.06. The van der Waals surface area contributed by atoms with Crippen LogP contribution in [-0.4, -0.2) is 43.6 Å². The first-order valence-corrected chi connectivity index (χ1v) is 8.50. The molecule has 0 bridgehead atoms. The van der Waals surface area contributed by atoms with Gasteiger partial charge in [0.2, 0.25) is 10.0 Å². The first-order chi connectivity index (χ1) is 9.91. The predicted molar refractivity (Wildman–Crippen MR) is 80.6 cm³/mol. The van der Waals surface area contributed by atoms with Crippen LogP contribution in [0.5, 0.6) is 5.75 Å². The van der Waals surface area contributed by atoms with Gasteiger partial charge in [0, 0.05) is 12.2 Å². The van der Waals surface area contributed by atoms with Gasteiger partial charge in [-0.1, -0.05) is 6.92 Å². The monoisotopic (exact) mass is 314 g/mol. The number of sulfonamides is 1. The summed E-state index contributed by atoms with van der Waals surface area (Å²) in [6.45, 7) is 4.31. The van der Waals surface area contributed by atoms with Gasteiger partial charge in [0.25, 0.3) is 0 Å². The van der Waals surface area contributed by atoms with Crippen molar-refractivity contribution in [1.29, 1.82) is 0 Å². The molecule has 118 valence electrons. The maximum absolute atomic E-state index is 12.9. The number of aliphatic hydroxyl groups excluding tert-OH is 1. The number of benzene rings is 1. The van der Waals surface area contributed by atoms with Gasteiger partial charge in [-0.05, 0) is 37.5 Å². The number of hydrogen-bond donors (Lipinski definition) is 2. The Balaban J connectivity index is 2.46. The quantitative estimate of drug-likeness (QED) is 0.793. The third-order valence-electron chi connectivity index (χ3n) is 3.87. The lowest BCUT2D eigenvalue weighted by atomic mass is 10.0. The molecule has 2 rings (SSSR count). The van der Waals surface area contributed by atoms with Crippen LogP contribution in [0.1, 0.15) is 20.3 Å². The van der Waals surface area contributed by atoms with Crippen LogP contribution in [0.4, 0.5) is 5.69 Å². The molecule has 1 saturated heterocycles. The van der Waals surface area contributed by atoms with Crippen molar-refractivity contribution in [2.75, 3.05) is 25.5 Å². The second-order valence-electron chi connectivity index (χ2n) is 5.27. The molecule has 0 aromatic heterocycles. The molecule has 1 heterocycles. The van der Waals surface area contributed by atoms with Gasteiger partial charge in [-0.2, -0.15) is 4.31 Å². The lowest BCUT2D eigenvalue weighted by molar-refractivity contribution is 0.191. The van der Waals surface area contributed by atoms with Crippen LogP contribution >= 0.6 is 0 Å². The largest absolute Gasteiger partial charge is 0.492 e. The highest BCUT2D eigenvalue weighted by atomic mass is 32.2. The van der Waals surface area contributed by atoms with Crippen LogP contribution < -0.4 is 10.5 Å². The average molecular weight is 314 g/mol. The maximum Gasteiger partial charge on any atom is 0.247 e. The summed E-state index contributed by atoms with van der Waals surface area (Å²) in [6.07, 6.45) is 0.733. The van der Waals surface area contributed by atoms with Crippen molar-refractivity contribution in [2.24, 2.45) is 5.92 Å². The molecule has 1 aromatic carbocycles. The van der Waals surface area contributed by atoms with Crippen LogP contribution in [0, 0.1) is 5.92 Å². The first kappa shape index (κ1) is 16.1. The van der Waals surface area contributed by atoms with Gasteiger partial charge in [-0.25, -0.2) is 8.42 Å². The highest BCUT2D eigenvalue weighted by Crippen LogP contribution is 2.34. The van der Waals surface area contributed by atoms with Crippen LogP contribution in [-0.2, 0) is 10.0 Å². The fourth-order valence-corrected chi connectivity index (χ4v) is 4.57. The summed E-state index contributed by atoms with van der Waals surface area (Å²) in [5.74, 6) is 0.421. The number of rotatable bonds is 5. The summed E-state index contributed by atoms with van der Waals surface area (Å²) in [5, 5.41) is 9.48. The van der Waals surface area contributed by atoms with E-state index in [-0.39, 0.29) is 17.4 Å². The van der Waals surface area contributed by atoms with E-state index in [1.54, 1.807) is 19.1 Å². The number of hydrogen-bond acceptors (Lipinski definition) is 5. The molecule has 1 aliphatic heterocycles. The van der Waals surface area contributed by atoms with E-state index in [0.717, 1.165) is 6.42 Å². The lowest BCUT2D eigenvalue weighted by Gasteiger charge is -2.25. The molecule has 2 atom stereocenters. The summed E-state index contributed by atoms with van der Waals surface area (Å²) in [6, 6.07) is 4.20. The fourth-order valence-electron chi connectivity index (χ4n) is 2.67. The minimum absolute atomic E-state index is 0.0666. The van der Waals surface area contributed by atoms with Crippen LogP contribution in [0.2, 0.25) is 0 Å². The Morgan fingerprint density at radius 2 is 2.19 bits per heavy atom. The Bertz CT molecular complexity index is 603. The van der Waals surface area contributed by atoms with E-state index in [9.17, 15) is 13.5 Å². The van der Waals surface area contributed by atoms with E-state index >= 15 is 0 Å². The standard InChI is InChI=1S/C14H22N2O4S/c1-3-20-13-5-4-11(15)8-14(13)21(18,19)16-7-6-10(2)12(16)9-17/h4-5,8,10,12,17H,3,6-7,9,15H2,1-2H3. The molecule has 3 N–H and O–H groups in total. The molecule has 0 amide bonds. The van der Waals surface area contributed by atoms with Gasteiger partial charge in [-0.3, -0.25) is 0 Å². The number of nitrogens with two attached hydrogens (primary N) is 1. The topological polar surface area (TPSA) is 92.9 Å². The van der Waals surface area contributed by atoms with Crippen molar-refractivity contribution >= 4 is 15.7 Å². The van der Waals surface area contributed by atoms with Crippen LogP contribution in [0.3, 0.4) is 0 Å². The van der Waals surface area contributed by atoms with Gasteiger partial charge in [0.15, 0.2) is 0 Å². The molecular formula is C14H22N2O4S. The zero-order chi connectivity index (χ0) is 15.6. The summed E-state index contributed by atoms with van der Waals surface area (Å²) in [5.41, 5.74) is 6.09. The zero-order valence-corrected chi connectivity index (χ0v) is 13.1. The van der Waals surface area contributed by atoms with E-state index in [1.807, 2.05) is 6.92 Å². The van der Waals surface area contributed by atoms with Crippen LogP contribution in [0.25, 0.3) is 0 Å². The minimum Gasteiger partial charge on any atom is -0.492 e. The third kappa shape index (κ3) is 3.00. The van der Waals surface area contributed by atoms with Crippen molar-refractivity contribution in [3.05, 3.63) is 18.2 Å². The molecule has 1 aliphatic rings. The van der Waals surface area contributed by atoms with Gasteiger partial charge in [0.05, 0.1) is 19.3 Å². The minimum atomic E-state index is -3.74. The lowest BCUT2D eigenvalue weighted by Crippen LogP contribution is -2.39. The SMILES string of the molecule is CCOc1ccc(N)cc1S(=O)(=O)N1CCC(C)C1CO. The predicted octanol–water partition coefficient (Wildman–Crippen LogP) is 1.06. The Morgan fingerprint density at radius 1 is 1.48 bits per heavy atom. The van der Waals surface area contributed by atoms with Crippen molar-refractivity contribution in [1.82, 2.24) is 4.31 Å². The van der Waals surface area contributed by atoms with Gasteiger partial charge in [0.1, 0.15) is 10.6 Å². The summed E-state index contributed by atoms with van der Waals surface area (Å²) < 4.78 is 32.5. The molecule has 0 saturated carbocycles. The zero-order valence-electron chi connectivity index (χ0n) is 12.3. The van der Waals surface area contributed by atoms with Gasteiger partial charge >= 0.3 is 0 Å². The Labute approximate surface area is 125 Å². The van der Waals surface area contributed by atoms with E-state index in [2.05, 4.69) is 0 Å². The van der Waals surface area contributed by atoms with E-state index < -0.39 is 16.1 Å². The Morgan fingerprint density at radius 3 is 2.81 bits per heavy atom. The van der Waals surface area contributed by atoms with Crippen molar-refractivity contribution in [3.8, 4) is 5.75 Å². The smallest absolute Gasteiger partial charge is 0.247 e. The highest BCUT2D eigenvalue weighted by Gasteiger charge is 2.40. The molecule has 2 unspecified atom stereocenters. The van der Waals surface area contributed by atoms with Gasteiger partial charge in [-0.15, -0.1) is 0 Å². The molecule has 7 heteroatoms. The second kappa shape index (κ2) is 6.21. The maximum atomic E-state index is 12.9. The highest BCUT2D eigenvalue weighted by molar-refractivity contribution is 7.89. The normalized spacial score (nSPS) is 23.4. The van der Waals surface area contributed by atoms with Crippen molar-refractivity contribution in [3.63, 3.8) is 0 Å². The molecule has 1 fully saturated rings. The molecule has 21 heavy (non-hydrogen) atoms. The van der Waals surface area contributed by atoms with E-state index in [1.165, 1.54) is 10.4 Å². The molecule has 0 aliphatic carbocycles. The number of aliphatic hydroxyl groups is 1. The van der Waals surface area contributed by atoms with Crippen molar-refractivity contribution < 1.29 is 18.3 Å². The van der Waals surface area contributed by atoms with E-state index in [4.69, 9.17) is 10.5 Å². The molecular weight excluding hydrogens is 292 g/mol. The Hall–Kier alpha value is -1.31. The molecule has 0 spiro atoms. The molecule has 0 radical (unpaired) electrons. The van der Waals surface area contributed by atoms with Crippen LogP contribution in [0.15, 0.2) is 23.1 Å².